The number of aryl methyl sites for hydroxylation is 1. The molecule has 5 aromatic rings. The van der Waals surface area contributed by atoms with Gasteiger partial charge in [-0.2, -0.15) is 0 Å². The van der Waals surface area contributed by atoms with Gasteiger partial charge in [-0.15, -0.1) is 0 Å². The molecule has 9 nitrogen and oxygen atoms in total. The van der Waals surface area contributed by atoms with E-state index in [4.69, 9.17) is 18.9 Å². The lowest BCUT2D eigenvalue weighted by Crippen LogP contribution is -2.40. The monoisotopic (exact) mass is 636 g/mol. The van der Waals surface area contributed by atoms with Gasteiger partial charge in [0.15, 0.2) is 4.80 Å². The highest BCUT2D eigenvalue weighted by Crippen LogP contribution is 2.41. The van der Waals surface area contributed by atoms with E-state index < -0.39 is 18.0 Å². The fourth-order valence-electron chi connectivity index (χ4n) is 5.91. The summed E-state index contributed by atoms with van der Waals surface area (Å²) in [6.07, 6.45) is 2.92. The topological polar surface area (TPSA) is 120 Å². The molecule has 234 valence electrons. The summed E-state index contributed by atoms with van der Waals surface area (Å²) in [6, 6.07) is 19.1. The molecule has 0 fully saturated rings. The summed E-state index contributed by atoms with van der Waals surface area (Å²) in [5, 5.41) is 11.1. The number of rotatable bonds is 9. The first-order valence-electron chi connectivity index (χ1n) is 15.0. The van der Waals surface area contributed by atoms with Crippen molar-refractivity contribution in [2.75, 3.05) is 13.7 Å². The van der Waals surface area contributed by atoms with Crippen molar-refractivity contribution in [1.29, 1.82) is 0 Å². The maximum atomic E-state index is 14.3. The van der Waals surface area contributed by atoms with Crippen LogP contribution in [0, 0.1) is 6.92 Å². The first-order valence-corrected chi connectivity index (χ1v) is 15.8. The Morgan fingerprint density at radius 1 is 1.09 bits per heavy atom. The number of fused-ring (bicyclic) bond motifs is 2. The Morgan fingerprint density at radius 2 is 1.89 bits per heavy atom. The first kappa shape index (κ1) is 30.8. The van der Waals surface area contributed by atoms with Gasteiger partial charge in [0.1, 0.15) is 23.3 Å². The van der Waals surface area contributed by atoms with Crippen molar-refractivity contribution in [3.8, 4) is 17.1 Å². The number of esters is 1. The van der Waals surface area contributed by atoms with Crippen molar-refractivity contribution in [3.63, 3.8) is 0 Å². The fourth-order valence-corrected chi connectivity index (χ4v) is 6.91. The van der Waals surface area contributed by atoms with E-state index in [0.29, 0.717) is 49.9 Å². The minimum absolute atomic E-state index is 0.172. The van der Waals surface area contributed by atoms with Gasteiger partial charge in [0.05, 0.1) is 35.1 Å². The summed E-state index contributed by atoms with van der Waals surface area (Å²) in [5.41, 5.74) is 2.93. The van der Waals surface area contributed by atoms with Crippen LogP contribution in [0.5, 0.6) is 5.75 Å². The Labute approximate surface area is 268 Å². The van der Waals surface area contributed by atoms with Gasteiger partial charge in [0.2, 0.25) is 0 Å². The first-order chi connectivity index (χ1) is 22.2. The van der Waals surface area contributed by atoms with Crippen LogP contribution in [-0.4, -0.2) is 35.3 Å². The van der Waals surface area contributed by atoms with Gasteiger partial charge in [-0.25, -0.2) is 14.6 Å². The van der Waals surface area contributed by atoms with Gasteiger partial charge >= 0.3 is 11.9 Å². The molecule has 0 saturated carbocycles. The molecule has 10 heteroatoms. The maximum Gasteiger partial charge on any atom is 0.338 e. The lowest BCUT2D eigenvalue weighted by atomic mass is 9.90. The molecule has 46 heavy (non-hydrogen) atoms. The number of allylic oxidation sites excluding steroid dienone is 1. The number of nitrogens with zero attached hydrogens (tertiary/aromatic N) is 2. The number of hydrogen-bond donors (Lipinski definition) is 1. The van der Waals surface area contributed by atoms with E-state index >= 15 is 0 Å². The Bertz CT molecular complexity index is 2220. The van der Waals surface area contributed by atoms with Crippen molar-refractivity contribution in [2.24, 2.45) is 4.99 Å². The number of carboxylic acid groups (broad SMARTS) is 1. The number of carbonyl (C=O) groups is 2. The summed E-state index contributed by atoms with van der Waals surface area (Å²) < 4.78 is 19.5. The van der Waals surface area contributed by atoms with E-state index in [0.717, 1.165) is 28.3 Å². The molecule has 1 aliphatic rings. The zero-order valence-electron chi connectivity index (χ0n) is 25.8. The number of carbonyl (C=O) groups excluding carboxylic acids is 1. The summed E-state index contributed by atoms with van der Waals surface area (Å²) >= 11 is 1.22. The van der Waals surface area contributed by atoms with E-state index in [1.165, 1.54) is 17.4 Å². The summed E-state index contributed by atoms with van der Waals surface area (Å²) in [5.74, 6) is 0.000768. The third-order valence-electron chi connectivity index (χ3n) is 7.96. The molecule has 0 aliphatic carbocycles. The number of aromatic carboxylic acids is 1. The molecule has 1 N–H and O–H groups in total. The number of methoxy groups -OCH3 is 1. The average molecular weight is 637 g/mol. The highest BCUT2D eigenvalue weighted by molar-refractivity contribution is 7.07. The van der Waals surface area contributed by atoms with E-state index in [1.54, 1.807) is 48.9 Å². The molecule has 0 amide bonds. The van der Waals surface area contributed by atoms with Gasteiger partial charge in [0, 0.05) is 17.2 Å². The highest BCUT2D eigenvalue weighted by Gasteiger charge is 2.37. The molecule has 0 saturated heterocycles. The summed E-state index contributed by atoms with van der Waals surface area (Å²) in [7, 11) is 1.57. The van der Waals surface area contributed by atoms with Crippen molar-refractivity contribution in [2.45, 2.75) is 39.7 Å². The smallest absolute Gasteiger partial charge is 0.338 e. The number of carboxylic acids is 1. The third kappa shape index (κ3) is 5.45. The highest BCUT2D eigenvalue weighted by atomic mass is 32.1. The average Bonchev–Trinajstić information content (AvgIpc) is 3.63. The van der Waals surface area contributed by atoms with Crippen LogP contribution in [0.3, 0.4) is 0 Å². The quantitative estimate of drug-likeness (QED) is 0.197. The molecule has 3 heterocycles. The molecule has 1 atom stereocenters. The lowest BCUT2D eigenvalue weighted by molar-refractivity contribution is -0.139. The Hall–Kier alpha value is -5.22. The molecule has 3 aromatic carbocycles. The molecule has 1 aliphatic heterocycles. The van der Waals surface area contributed by atoms with Crippen LogP contribution in [0.2, 0.25) is 0 Å². The summed E-state index contributed by atoms with van der Waals surface area (Å²) in [6.45, 7) is 5.75. The molecule has 2 aromatic heterocycles. The van der Waals surface area contributed by atoms with Gasteiger partial charge in [-0.1, -0.05) is 61.1 Å². The van der Waals surface area contributed by atoms with Crippen molar-refractivity contribution in [3.05, 3.63) is 120 Å². The molecule has 0 spiro atoms. The number of benzene rings is 3. The van der Waals surface area contributed by atoms with Crippen LogP contribution in [0.15, 0.2) is 92.2 Å². The fraction of sp³-hybridized carbons (Fsp3) is 0.222. The van der Waals surface area contributed by atoms with Crippen LogP contribution in [-0.2, 0) is 9.53 Å². The lowest BCUT2D eigenvalue weighted by Gasteiger charge is -2.28. The largest absolute Gasteiger partial charge is 0.496 e. The number of thiazole rings is 1. The normalized spacial score (nSPS) is 14.7. The minimum Gasteiger partial charge on any atom is -0.496 e. The van der Waals surface area contributed by atoms with Gasteiger partial charge < -0.3 is 19.0 Å². The maximum absolute atomic E-state index is 14.3. The van der Waals surface area contributed by atoms with Gasteiger partial charge in [-0.3, -0.25) is 9.36 Å². The van der Waals surface area contributed by atoms with E-state index in [1.807, 2.05) is 50.2 Å². The summed E-state index contributed by atoms with van der Waals surface area (Å²) in [4.78, 5) is 44.7. The van der Waals surface area contributed by atoms with Crippen LogP contribution < -0.4 is 19.6 Å². The number of aromatic nitrogens is 1. The predicted octanol–water partition coefficient (Wildman–Crippen LogP) is 6.01. The van der Waals surface area contributed by atoms with E-state index in [-0.39, 0.29) is 17.7 Å². The van der Waals surface area contributed by atoms with Crippen LogP contribution in [0.25, 0.3) is 28.2 Å². The second kappa shape index (κ2) is 12.6. The molecule has 0 radical (unpaired) electrons. The minimum atomic E-state index is -1.00. The molecule has 0 bridgehead atoms. The van der Waals surface area contributed by atoms with Crippen molar-refractivity contribution >= 4 is 40.1 Å². The SMILES string of the molecule is CCCC1=C(C(=O)OCC)[C@@H](c2c(OC)ccc3ccccc23)n2c(s/c(=C\c3ccc(-c4ccc(C(=O)O)cc4C)o3)c2=O)=N1. The Balaban J connectivity index is 1.56. The van der Waals surface area contributed by atoms with Gasteiger partial charge in [0.25, 0.3) is 5.56 Å². The molecular weight excluding hydrogens is 604 g/mol. The second-order valence-corrected chi connectivity index (χ2v) is 11.9. The van der Waals surface area contributed by atoms with Crippen molar-refractivity contribution in [1.82, 2.24) is 4.57 Å². The Morgan fingerprint density at radius 3 is 2.61 bits per heavy atom. The van der Waals surface area contributed by atoms with Crippen LogP contribution in [0.1, 0.15) is 60.0 Å². The zero-order valence-corrected chi connectivity index (χ0v) is 26.6. The standard InChI is InChI=1S/C36H32N2O7S/c1-5-9-26-31(35(42)44-6-2)32(30-25-11-8-7-10-21(25)13-16-28(30)43-4)38-33(39)29(46-36(38)37-26)19-23-14-17-27(45-23)24-15-12-22(34(40)41)18-20(24)3/h7-8,10-19,32H,5-6,9H2,1-4H3,(H,40,41)/b29-19-/t32-/m1/s1. The Kier molecular flexibility index (Phi) is 8.46. The second-order valence-electron chi connectivity index (χ2n) is 10.9. The molecule has 6 rings (SSSR count). The van der Waals surface area contributed by atoms with Gasteiger partial charge in [-0.05, 0) is 66.9 Å². The third-order valence-corrected chi connectivity index (χ3v) is 8.94. The van der Waals surface area contributed by atoms with Crippen LogP contribution in [0.4, 0.5) is 0 Å². The van der Waals surface area contributed by atoms with Crippen LogP contribution >= 0.6 is 11.3 Å². The molecular formula is C36H32N2O7S. The number of furan rings is 1. The predicted molar refractivity (Wildman–Crippen MR) is 176 cm³/mol. The number of ether oxygens (including phenoxy) is 2. The van der Waals surface area contributed by atoms with E-state index in [2.05, 4.69) is 0 Å². The van der Waals surface area contributed by atoms with E-state index in [9.17, 15) is 19.5 Å². The number of hydrogen-bond acceptors (Lipinski definition) is 8. The van der Waals surface area contributed by atoms with Crippen molar-refractivity contribution < 1.29 is 28.6 Å². The molecule has 0 unspecified atom stereocenters. The zero-order chi connectivity index (χ0) is 32.5.